The lowest BCUT2D eigenvalue weighted by Crippen LogP contribution is -2.42. The standard InChI is InChI=1S/C8H15NO3/c1-5(2)8-11-4-3-6(12-8)7(9)10/h5-6,8H,3-4H2,1-2H3,(H2,9,10). The molecule has 70 valence electrons. The van der Waals surface area contributed by atoms with Gasteiger partial charge < -0.3 is 15.2 Å². The molecule has 2 unspecified atom stereocenters. The molecule has 1 fully saturated rings. The molecule has 2 atom stereocenters. The highest BCUT2D eigenvalue weighted by molar-refractivity contribution is 5.78. The van der Waals surface area contributed by atoms with E-state index in [1.54, 1.807) is 0 Å². The highest BCUT2D eigenvalue weighted by atomic mass is 16.7. The Bertz CT molecular complexity index is 170. The van der Waals surface area contributed by atoms with E-state index in [4.69, 9.17) is 15.2 Å². The molecule has 1 aliphatic rings. The van der Waals surface area contributed by atoms with Crippen molar-refractivity contribution in [1.82, 2.24) is 0 Å². The summed E-state index contributed by atoms with van der Waals surface area (Å²) in [7, 11) is 0. The monoisotopic (exact) mass is 173 g/mol. The number of hydrogen-bond donors (Lipinski definition) is 1. The first-order valence-corrected chi connectivity index (χ1v) is 4.17. The van der Waals surface area contributed by atoms with Crippen LogP contribution in [0.4, 0.5) is 0 Å². The Morgan fingerprint density at radius 3 is 2.75 bits per heavy atom. The summed E-state index contributed by atoms with van der Waals surface area (Å²) in [6.45, 7) is 4.51. The Kier molecular flexibility index (Phi) is 3.05. The van der Waals surface area contributed by atoms with Gasteiger partial charge in [0, 0.05) is 12.3 Å². The topological polar surface area (TPSA) is 61.5 Å². The molecule has 0 radical (unpaired) electrons. The summed E-state index contributed by atoms with van der Waals surface area (Å²) in [6, 6.07) is 0. The van der Waals surface area contributed by atoms with Crippen LogP contribution in [0.2, 0.25) is 0 Å². The minimum atomic E-state index is -0.467. The smallest absolute Gasteiger partial charge is 0.246 e. The van der Waals surface area contributed by atoms with Crippen LogP contribution in [-0.2, 0) is 14.3 Å². The normalized spacial score (nSPS) is 30.6. The third-order valence-corrected chi connectivity index (χ3v) is 1.82. The van der Waals surface area contributed by atoms with Crippen LogP contribution in [0.5, 0.6) is 0 Å². The molecule has 1 rings (SSSR count). The molecule has 0 aromatic carbocycles. The zero-order chi connectivity index (χ0) is 9.14. The number of hydrogen-bond acceptors (Lipinski definition) is 3. The van der Waals surface area contributed by atoms with Crippen molar-refractivity contribution in [2.24, 2.45) is 11.7 Å². The molecule has 1 saturated heterocycles. The van der Waals surface area contributed by atoms with E-state index in [1.807, 2.05) is 13.8 Å². The first-order valence-electron chi connectivity index (χ1n) is 4.17. The fraction of sp³-hybridized carbons (Fsp3) is 0.875. The zero-order valence-electron chi connectivity index (χ0n) is 7.45. The third-order valence-electron chi connectivity index (χ3n) is 1.82. The Hall–Kier alpha value is -0.610. The van der Waals surface area contributed by atoms with Gasteiger partial charge in [-0.05, 0) is 0 Å². The highest BCUT2D eigenvalue weighted by Gasteiger charge is 2.28. The van der Waals surface area contributed by atoms with Gasteiger partial charge in [0.2, 0.25) is 5.91 Å². The molecule has 4 nitrogen and oxygen atoms in total. The molecule has 0 aromatic heterocycles. The van der Waals surface area contributed by atoms with E-state index in [2.05, 4.69) is 0 Å². The first kappa shape index (κ1) is 9.48. The largest absolute Gasteiger partial charge is 0.367 e. The Labute approximate surface area is 72.0 Å². The lowest BCUT2D eigenvalue weighted by atomic mass is 10.1. The summed E-state index contributed by atoms with van der Waals surface area (Å²) in [5, 5.41) is 0. The number of ether oxygens (including phenoxy) is 2. The quantitative estimate of drug-likeness (QED) is 0.651. The zero-order valence-corrected chi connectivity index (χ0v) is 7.45. The third kappa shape index (κ3) is 2.19. The van der Waals surface area contributed by atoms with Crippen molar-refractivity contribution < 1.29 is 14.3 Å². The molecular formula is C8H15NO3. The van der Waals surface area contributed by atoms with Crippen molar-refractivity contribution in [3.63, 3.8) is 0 Å². The number of amides is 1. The van der Waals surface area contributed by atoms with Crippen molar-refractivity contribution >= 4 is 5.91 Å². The van der Waals surface area contributed by atoms with Crippen molar-refractivity contribution in [1.29, 1.82) is 0 Å². The maximum absolute atomic E-state index is 10.8. The predicted octanol–water partition coefficient (Wildman–Crippen LogP) is 0.259. The summed E-state index contributed by atoms with van der Waals surface area (Å²) in [5.41, 5.74) is 5.11. The molecule has 0 spiro atoms. The van der Waals surface area contributed by atoms with Gasteiger partial charge in [-0.15, -0.1) is 0 Å². The van der Waals surface area contributed by atoms with E-state index in [-0.39, 0.29) is 12.2 Å². The van der Waals surface area contributed by atoms with Gasteiger partial charge in [-0.3, -0.25) is 4.79 Å². The van der Waals surface area contributed by atoms with Crippen LogP contribution in [0.1, 0.15) is 20.3 Å². The fourth-order valence-electron chi connectivity index (χ4n) is 1.12. The minimum absolute atomic E-state index is 0.257. The van der Waals surface area contributed by atoms with Gasteiger partial charge in [0.05, 0.1) is 6.61 Å². The van der Waals surface area contributed by atoms with E-state index < -0.39 is 12.0 Å². The molecule has 0 aliphatic carbocycles. The SMILES string of the molecule is CC(C)C1OCCC(C(N)=O)O1. The Balaban J connectivity index is 2.46. The summed E-state index contributed by atoms with van der Waals surface area (Å²) in [6.07, 6.45) is -0.180. The van der Waals surface area contributed by atoms with Gasteiger partial charge in [-0.1, -0.05) is 13.8 Å². The maximum atomic E-state index is 10.8. The van der Waals surface area contributed by atoms with Crippen LogP contribution in [0.25, 0.3) is 0 Å². The van der Waals surface area contributed by atoms with Gasteiger partial charge in [-0.2, -0.15) is 0 Å². The number of primary amides is 1. The lowest BCUT2D eigenvalue weighted by Gasteiger charge is -2.30. The van der Waals surface area contributed by atoms with Gasteiger partial charge in [0.25, 0.3) is 0 Å². The molecular weight excluding hydrogens is 158 g/mol. The lowest BCUT2D eigenvalue weighted by molar-refractivity contribution is -0.227. The van der Waals surface area contributed by atoms with Crippen LogP contribution >= 0.6 is 0 Å². The first-order chi connectivity index (χ1) is 5.61. The van der Waals surface area contributed by atoms with Crippen LogP contribution in [0.15, 0.2) is 0 Å². The van der Waals surface area contributed by atoms with Crippen molar-refractivity contribution in [3.8, 4) is 0 Å². The Morgan fingerprint density at radius 1 is 1.58 bits per heavy atom. The molecule has 12 heavy (non-hydrogen) atoms. The molecule has 0 aromatic rings. The van der Waals surface area contributed by atoms with Crippen LogP contribution in [0.3, 0.4) is 0 Å². The molecule has 0 bridgehead atoms. The summed E-state index contributed by atoms with van der Waals surface area (Å²) < 4.78 is 10.6. The van der Waals surface area contributed by atoms with Crippen molar-refractivity contribution in [3.05, 3.63) is 0 Å². The molecule has 4 heteroatoms. The molecule has 0 saturated carbocycles. The number of nitrogens with two attached hydrogens (primary N) is 1. The molecule has 2 N–H and O–H groups in total. The average Bonchev–Trinajstić information content (AvgIpc) is 2.04. The minimum Gasteiger partial charge on any atom is -0.367 e. The molecule has 1 aliphatic heterocycles. The van der Waals surface area contributed by atoms with Gasteiger partial charge in [-0.25, -0.2) is 0 Å². The van der Waals surface area contributed by atoms with Crippen LogP contribution in [0, 0.1) is 5.92 Å². The van der Waals surface area contributed by atoms with E-state index in [1.165, 1.54) is 0 Å². The fourth-order valence-corrected chi connectivity index (χ4v) is 1.12. The van der Waals surface area contributed by atoms with Gasteiger partial charge >= 0.3 is 0 Å². The second kappa shape index (κ2) is 3.87. The number of carbonyl (C=O) groups excluding carboxylic acids is 1. The average molecular weight is 173 g/mol. The Morgan fingerprint density at radius 2 is 2.25 bits per heavy atom. The van der Waals surface area contributed by atoms with Crippen molar-refractivity contribution in [2.45, 2.75) is 32.7 Å². The van der Waals surface area contributed by atoms with Gasteiger partial charge in [0.15, 0.2) is 6.29 Å². The van der Waals surface area contributed by atoms with E-state index >= 15 is 0 Å². The molecule has 1 amide bonds. The summed E-state index contributed by atoms with van der Waals surface area (Å²) in [5.74, 6) is -0.142. The van der Waals surface area contributed by atoms with Crippen molar-refractivity contribution in [2.75, 3.05) is 6.61 Å². The second-order valence-electron chi connectivity index (χ2n) is 3.30. The second-order valence-corrected chi connectivity index (χ2v) is 3.30. The van der Waals surface area contributed by atoms with Crippen LogP contribution < -0.4 is 5.73 Å². The summed E-state index contributed by atoms with van der Waals surface area (Å²) >= 11 is 0. The van der Waals surface area contributed by atoms with E-state index in [0.29, 0.717) is 13.0 Å². The van der Waals surface area contributed by atoms with E-state index in [9.17, 15) is 4.79 Å². The predicted molar refractivity (Wildman–Crippen MR) is 43.3 cm³/mol. The highest BCUT2D eigenvalue weighted by Crippen LogP contribution is 2.17. The van der Waals surface area contributed by atoms with Gasteiger partial charge in [0.1, 0.15) is 6.10 Å². The maximum Gasteiger partial charge on any atom is 0.246 e. The number of rotatable bonds is 2. The number of carbonyl (C=O) groups is 1. The van der Waals surface area contributed by atoms with Crippen LogP contribution in [-0.4, -0.2) is 24.9 Å². The molecule has 1 heterocycles. The summed E-state index contributed by atoms with van der Waals surface area (Å²) in [4.78, 5) is 10.8. The van der Waals surface area contributed by atoms with E-state index in [0.717, 1.165) is 0 Å².